The predicted octanol–water partition coefficient (Wildman–Crippen LogP) is 2.27. The summed E-state index contributed by atoms with van der Waals surface area (Å²) in [6.45, 7) is 4.92. The van der Waals surface area contributed by atoms with Crippen molar-refractivity contribution in [3.8, 4) is 0 Å². The summed E-state index contributed by atoms with van der Waals surface area (Å²) in [5, 5.41) is 6.44. The highest BCUT2D eigenvalue weighted by Gasteiger charge is 2.21. The van der Waals surface area contributed by atoms with Crippen molar-refractivity contribution in [2.75, 3.05) is 6.54 Å². The average Bonchev–Trinajstić information content (AvgIpc) is 2.40. The summed E-state index contributed by atoms with van der Waals surface area (Å²) in [7, 11) is 0. The maximum Gasteiger partial charge on any atom is 0.265 e. The highest BCUT2D eigenvalue weighted by Crippen LogP contribution is 2.30. The number of nitrogens with one attached hydrogen (secondary N) is 1. The van der Waals surface area contributed by atoms with Crippen molar-refractivity contribution in [1.29, 1.82) is 0 Å². The molecule has 1 N–H and O–H groups in total. The zero-order valence-electron chi connectivity index (χ0n) is 10.8. The lowest BCUT2D eigenvalue weighted by Gasteiger charge is -2.27. The maximum absolute atomic E-state index is 11.4. The first-order chi connectivity index (χ1) is 9.24. The molecule has 0 atom stereocenters. The van der Waals surface area contributed by atoms with Crippen LogP contribution in [0.5, 0.6) is 0 Å². The number of carbonyl (C=O) groups excluding carboxylic acids is 1. The SMILES string of the molecule is C=C1CC(CNC(=O)/C=N/OCc2ccccc2)C1. The Bertz CT molecular complexity index is 460. The van der Waals surface area contributed by atoms with Crippen LogP contribution >= 0.6 is 0 Å². The lowest BCUT2D eigenvalue weighted by atomic mass is 9.81. The predicted molar refractivity (Wildman–Crippen MR) is 74.6 cm³/mol. The van der Waals surface area contributed by atoms with Crippen molar-refractivity contribution in [2.45, 2.75) is 19.4 Å². The molecular weight excluding hydrogens is 240 g/mol. The van der Waals surface area contributed by atoms with Crippen molar-refractivity contribution < 1.29 is 9.63 Å². The van der Waals surface area contributed by atoms with Gasteiger partial charge >= 0.3 is 0 Å². The molecule has 0 saturated heterocycles. The molecule has 2 rings (SSSR count). The zero-order chi connectivity index (χ0) is 13.5. The third kappa shape index (κ3) is 4.58. The second-order valence-electron chi connectivity index (χ2n) is 4.76. The Labute approximate surface area is 113 Å². The van der Waals surface area contributed by atoms with Gasteiger partial charge in [0.05, 0.1) is 0 Å². The van der Waals surface area contributed by atoms with E-state index < -0.39 is 0 Å². The molecular formula is C15H18N2O2. The quantitative estimate of drug-likeness (QED) is 0.483. The van der Waals surface area contributed by atoms with Gasteiger partial charge in [0, 0.05) is 6.54 Å². The van der Waals surface area contributed by atoms with Gasteiger partial charge in [0.15, 0.2) is 0 Å². The van der Waals surface area contributed by atoms with Crippen LogP contribution in [0, 0.1) is 5.92 Å². The molecule has 1 fully saturated rings. The van der Waals surface area contributed by atoms with E-state index in [0.29, 0.717) is 19.1 Å². The van der Waals surface area contributed by atoms with Crippen molar-refractivity contribution in [3.05, 3.63) is 48.0 Å². The Morgan fingerprint density at radius 2 is 2.16 bits per heavy atom. The van der Waals surface area contributed by atoms with Gasteiger partial charge in [-0.2, -0.15) is 0 Å². The molecule has 1 aromatic rings. The monoisotopic (exact) mass is 258 g/mol. The molecule has 0 unspecified atom stereocenters. The summed E-state index contributed by atoms with van der Waals surface area (Å²) < 4.78 is 0. The number of rotatable bonds is 6. The molecule has 1 aliphatic carbocycles. The highest BCUT2D eigenvalue weighted by atomic mass is 16.6. The van der Waals surface area contributed by atoms with Crippen molar-refractivity contribution >= 4 is 12.1 Å². The van der Waals surface area contributed by atoms with Crippen molar-refractivity contribution in [2.24, 2.45) is 11.1 Å². The summed E-state index contributed by atoms with van der Waals surface area (Å²) in [6, 6.07) is 9.69. The van der Waals surface area contributed by atoms with E-state index in [4.69, 9.17) is 4.84 Å². The Hall–Kier alpha value is -2.10. The van der Waals surface area contributed by atoms with Gasteiger partial charge in [-0.3, -0.25) is 4.79 Å². The molecule has 1 aliphatic rings. The fourth-order valence-corrected chi connectivity index (χ4v) is 1.96. The number of oxime groups is 1. The molecule has 0 radical (unpaired) electrons. The van der Waals surface area contributed by atoms with Crippen LogP contribution in [0.15, 0.2) is 47.6 Å². The van der Waals surface area contributed by atoms with E-state index in [-0.39, 0.29) is 5.91 Å². The zero-order valence-corrected chi connectivity index (χ0v) is 10.8. The summed E-state index contributed by atoms with van der Waals surface area (Å²) in [6.07, 6.45) is 3.21. The minimum absolute atomic E-state index is 0.217. The fourth-order valence-electron chi connectivity index (χ4n) is 1.96. The standard InChI is InChI=1S/C15H18N2O2/c1-12-7-14(8-12)9-16-15(18)10-17-19-11-13-5-3-2-4-6-13/h2-6,10,14H,1,7-9,11H2,(H,16,18)/b17-10+. The number of hydrogen-bond acceptors (Lipinski definition) is 3. The third-order valence-corrected chi connectivity index (χ3v) is 3.04. The van der Waals surface area contributed by atoms with E-state index in [9.17, 15) is 4.79 Å². The average molecular weight is 258 g/mol. The molecule has 0 spiro atoms. The van der Waals surface area contributed by atoms with Gasteiger partial charge in [0.1, 0.15) is 12.8 Å². The molecule has 1 amide bonds. The van der Waals surface area contributed by atoms with Crippen LogP contribution in [0.2, 0.25) is 0 Å². The summed E-state index contributed by atoms with van der Waals surface area (Å²) in [5.41, 5.74) is 2.28. The Kier molecular flexibility index (Phi) is 4.72. The molecule has 0 aromatic heterocycles. The molecule has 1 aromatic carbocycles. The first-order valence-corrected chi connectivity index (χ1v) is 6.38. The number of hydrogen-bond donors (Lipinski definition) is 1. The number of carbonyl (C=O) groups is 1. The molecule has 1 saturated carbocycles. The third-order valence-electron chi connectivity index (χ3n) is 3.04. The van der Waals surface area contributed by atoms with Crippen LogP contribution in [-0.2, 0) is 16.2 Å². The van der Waals surface area contributed by atoms with Crippen molar-refractivity contribution in [1.82, 2.24) is 5.32 Å². The maximum atomic E-state index is 11.4. The van der Waals surface area contributed by atoms with E-state index in [0.717, 1.165) is 18.4 Å². The smallest absolute Gasteiger partial charge is 0.265 e. The summed E-state index contributed by atoms with van der Waals surface area (Å²) in [5.74, 6) is 0.320. The Morgan fingerprint density at radius 1 is 1.42 bits per heavy atom. The molecule has 4 heteroatoms. The van der Waals surface area contributed by atoms with Crippen LogP contribution in [-0.4, -0.2) is 18.7 Å². The molecule has 0 bridgehead atoms. The number of benzene rings is 1. The van der Waals surface area contributed by atoms with E-state index in [1.807, 2.05) is 30.3 Å². The molecule has 0 heterocycles. The number of amides is 1. The topological polar surface area (TPSA) is 50.7 Å². The minimum Gasteiger partial charge on any atom is -0.391 e. The fraction of sp³-hybridized carbons (Fsp3) is 0.333. The van der Waals surface area contributed by atoms with E-state index in [1.165, 1.54) is 11.8 Å². The summed E-state index contributed by atoms with van der Waals surface area (Å²) in [4.78, 5) is 16.5. The lowest BCUT2D eigenvalue weighted by molar-refractivity contribution is -0.114. The van der Waals surface area contributed by atoms with Gasteiger partial charge in [-0.25, -0.2) is 0 Å². The van der Waals surface area contributed by atoms with Gasteiger partial charge < -0.3 is 10.2 Å². The van der Waals surface area contributed by atoms with Gasteiger partial charge in [0.25, 0.3) is 5.91 Å². The first kappa shape index (κ1) is 13.3. The second kappa shape index (κ2) is 6.73. The largest absolute Gasteiger partial charge is 0.391 e. The molecule has 19 heavy (non-hydrogen) atoms. The van der Waals surface area contributed by atoms with Gasteiger partial charge in [-0.05, 0) is 24.3 Å². The lowest BCUT2D eigenvalue weighted by Crippen LogP contribution is -2.33. The first-order valence-electron chi connectivity index (χ1n) is 6.38. The Balaban J connectivity index is 1.59. The normalized spacial score (nSPS) is 15.3. The Morgan fingerprint density at radius 3 is 2.84 bits per heavy atom. The molecule has 0 aliphatic heterocycles. The van der Waals surface area contributed by atoms with Crippen LogP contribution in [0.25, 0.3) is 0 Å². The summed E-state index contributed by atoms with van der Waals surface area (Å²) >= 11 is 0. The molecule has 100 valence electrons. The second-order valence-corrected chi connectivity index (χ2v) is 4.76. The van der Waals surface area contributed by atoms with Gasteiger partial charge in [-0.15, -0.1) is 0 Å². The van der Waals surface area contributed by atoms with Crippen LogP contribution < -0.4 is 5.32 Å². The minimum atomic E-state index is -0.217. The number of nitrogens with zero attached hydrogens (tertiary/aromatic N) is 1. The van der Waals surface area contributed by atoms with Gasteiger partial charge in [-0.1, -0.05) is 47.6 Å². The molecule has 4 nitrogen and oxygen atoms in total. The van der Waals surface area contributed by atoms with Crippen LogP contribution in [0.3, 0.4) is 0 Å². The van der Waals surface area contributed by atoms with E-state index >= 15 is 0 Å². The van der Waals surface area contributed by atoms with Gasteiger partial charge in [0.2, 0.25) is 0 Å². The van der Waals surface area contributed by atoms with Crippen molar-refractivity contribution in [3.63, 3.8) is 0 Å². The van der Waals surface area contributed by atoms with E-state index in [1.54, 1.807) is 0 Å². The van der Waals surface area contributed by atoms with Crippen LogP contribution in [0.4, 0.5) is 0 Å². The number of allylic oxidation sites excluding steroid dienone is 1. The highest BCUT2D eigenvalue weighted by molar-refractivity contribution is 6.26. The van der Waals surface area contributed by atoms with Crippen LogP contribution in [0.1, 0.15) is 18.4 Å². The van der Waals surface area contributed by atoms with E-state index in [2.05, 4.69) is 17.1 Å².